The number of benzene rings is 1. The average molecular weight is 191 g/mol. The summed E-state index contributed by atoms with van der Waals surface area (Å²) in [6.07, 6.45) is 0. The van der Waals surface area contributed by atoms with E-state index in [0.29, 0.717) is 6.67 Å². The van der Waals surface area contributed by atoms with Gasteiger partial charge in [-0.1, -0.05) is 18.2 Å². The predicted octanol–water partition coefficient (Wildman–Crippen LogP) is 0.473. The van der Waals surface area contributed by atoms with Crippen LogP contribution < -0.4 is 15.8 Å². The number of carbonyl (C=O) groups excluding carboxylic acids is 1. The van der Waals surface area contributed by atoms with Gasteiger partial charge in [-0.05, 0) is 19.1 Å². The Kier molecular flexibility index (Phi) is 2.37. The Morgan fingerprint density at radius 3 is 2.71 bits per heavy atom. The largest absolute Gasteiger partial charge is 0.287 e. The summed E-state index contributed by atoms with van der Waals surface area (Å²) in [5.74, 6) is 0.0000954. The summed E-state index contributed by atoms with van der Waals surface area (Å²) in [4.78, 5) is 11.4. The zero-order valence-electron chi connectivity index (χ0n) is 8.03. The minimum atomic E-state index is -0.116. The molecule has 0 aliphatic carbocycles. The number of hydrazine groups is 1. The SMILES string of the molecule is CC1NCN(c2ccccc2)NC1=O. The van der Waals surface area contributed by atoms with Gasteiger partial charge in [0.05, 0.1) is 18.4 Å². The lowest BCUT2D eigenvalue weighted by atomic mass is 10.3. The van der Waals surface area contributed by atoms with Gasteiger partial charge in [-0.15, -0.1) is 0 Å². The molecule has 0 saturated carbocycles. The molecule has 1 saturated heterocycles. The Balaban J connectivity index is 2.11. The summed E-state index contributed by atoms with van der Waals surface area (Å²) >= 11 is 0. The highest BCUT2D eigenvalue weighted by Crippen LogP contribution is 2.11. The summed E-state index contributed by atoms with van der Waals surface area (Å²) in [6, 6.07) is 9.63. The quantitative estimate of drug-likeness (QED) is 0.678. The predicted molar refractivity (Wildman–Crippen MR) is 54.5 cm³/mol. The highest BCUT2D eigenvalue weighted by Gasteiger charge is 2.21. The van der Waals surface area contributed by atoms with Gasteiger partial charge in [0, 0.05) is 0 Å². The van der Waals surface area contributed by atoms with E-state index in [9.17, 15) is 4.79 Å². The number of nitrogens with zero attached hydrogens (tertiary/aromatic N) is 1. The van der Waals surface area contributed by atoms with Crippen molar-refractivity contribution >= 4 is 11.6 Å². The second-order valence-corrected chi connectivity index (χ2v) is 3.32. The highest BCUT2D eigenvalue weighted by atomic mass is 16.2. The standard InChI is InChI=1S/C10H13N3O/c1-8-10(14)12-13(7-11-8)9-5-3-2-4-6-9/h2-6,8,11H,7H2,1H3,(H,12,14). The first kappa shape index (κ1) is 9.02. The van der Waals surface area contributed by atoms with Crippen LogP contribution in [0.1, 0.15) is 6.92 Å². The summed E-state index contributed by atoms with van der Waals surface area (Å²) in [5.41, 5.74) is 3.80. The Hall–Kier alpha value is -1.55. The smallest absolute Gasteiger partial charge is 0.255 e. The maximum Gasteiger partial charge on any atom is 0.255 e. The zero-order chi connectivity index (χ0) is 9.97. The maximum atomic E-state index is 11.4. The number of amides is 1. The first-order valence-electron chi connectivity index (χ1n) is 4.64. The molecule has 0 spiro atoms. The zero-order valence-corrected chi connectivity index (χ0v) is 8.03. The van der Waals surface area contributed by atoms with Crippen LogP contribution in [0.15, 0.2) is 30.3 Å². The van der Waals surface area contributed by atoms with Crippen LogP contribution in [0.3, 0.4) is 0 Å². The van der Waals surface area contributed by atoms with E-state index in [1.54, 1.807) is 5.01 Å². The molecular formula is C10H13N3O. The van der Waals surface area contributed by atoms with E-state index in [-0.39, 0.29) is 11.9 Å². The fraction of sp³-hybridized carbons (Fsp3) is 0.300. The molecule has 1 fully saturated rings. The molecule has 1 aromatic rings. The van der Waals surface area contributed by atoms with Crippen LogP contribution in [0.2, 0.25) is 0 Å². The molecule has 1 unspecified atom stereocenters. The number of rotatable bonds is 1. The average Bonchev–Trinajstić information content (AvgIpc) is 2.23. The molecule has 14 heavy (non-hydrogen) atoms. The van der Waals surface area contributed by atoms with Crippen molar-refractivity contribution in [3.8, 4) is 0 Å². The minimum absolute atomic E-state index is 0.0000954. The first-order valence-corrected chi connectivity index (χ1v) is 4.64. The van der Waals surface area contributed by atoms with Crippen LogP contribution in [-0.4, -0.2) is 18.6 Å². The number of nitrogens with one attached hydrogen (secondary N) is 2. The third kappa shape index (κ3) is 1.70. The van der Waals surface area contributed by atoms with Crippen molar-refractivity contribution < 1.29 is 4.79 Å². The highest BCUT2D eigenvalue weighted by molar-refractivity contribution is 5.83. The van der Waals surface area contributed by atoms with Gasteiger partial charge < -0.3 is 0 Å². The van der Waals surface area contributed by atoms with E-state index in [1.165, 1.54) is 0 Å². The van der Waals surface area contributed by atoms with Crippen molar-refractivity contribution in [1.82, 2.24) is 10.7 Å². The number of hydrogen-bond acceptors (Lipinski definition) is 3. The number of carbonyl (C=O) groups is 1. The number of anilines is 1. The van der Waals surface area contributed by atoms with E-state index in [0.717, 1.165) is 5.69 Å². The Morgan fingerprint density at radius 2 is 2.07 bits per heavy atom. The minimum Gasteiger partial charge on any atom is -0.287 e. The molecule has 4 nitrogen and oxygen atoms in total. The fourth-order valence-electron chi connectivity index (χ4n) is 1.35. The number of hydrogen-bond donors (Lipinski definition) is 2. The molecule has 0 aromatic heterocycles. The molecule has 1 heterocycles. The van der Waals surface area contributed by atoms with E-state index in [4.69, 9.17) is 0 Å². The van der Waals surface area contributed by atoms with Crippen molar-refractivity contribution in [2.75, 3.05) is 11.7 Å². The monoisotopic (exact) mass is 191 g/mol. The second kappa shape index (κ2) is 3.67. The molecule has 4 heteroatoms. The van der Waals surface area contributed by atoms with Crippen molar-refractivity contribution in [3.63, 3.8) is 0 Å². The topological polar surface area (TPSA) is 44.4 Å². The normalized spacial score (nSPS) is 21.9. The lowest BCUT2D eigenvalue weighted by Crippen LogP contribution is -2.60. The third-order valence-electron chi connectivity index (χ3n) is 2.26. The van der Waals surface area contributed by atoms with E-state index in [1.807, 2.05) is 37.3 Å². The molecule has 1 aliphatic heterocycles. The van der Waals surface area contributed by atoms with Crippen molar-refractivity contribution in [2.45, 2.75) is 13.0 Å². The molecule has 2 rings (SSSR count). The summed E-state index contributed by atoms with van der Waals surface area (Å²) in [6.45, 7) is 2.48. The summed E-state index contributed by atoms with van der Waals surface area (Å²) < 4.78 is 0. The van der Waals surface area contributed by atoms with E-state index < -0.39 is 0 Å². The Labute approximate surface area is 82.9 Å². The van der Waals surface area contributed by atoms with Crippen LogP contribution in [-0.2, 0) is 4.79 Å². The van der Waals surface area contributed by atoms with Gasteiger partial charge in [0.25, 0.3) is 5.91 Å². The van der Waals surface area contributed by atoms with Gasteiger partial charge in [0.15, 0.2) is 0 Å². The third-order valence-corrected chi connectivity index (χ3v) is 2.26. The summed E-state index contributed by atoms with van der Waals surface area (Å²) in [5, 5.41) is 4.89. The van der Waals surface area contributed by atoms with Crippen LogP contribution >= 0.6 is 0 Å². The molecule has 2 N–H and O–H groups in total. The van der Waals surface area contributed by atoms with Gasteiger partial charge in [0.1, 0.15) is 0 Å². The van der Waals surface area contributed by atoms with Crippen LogP contribution in [0.5, 0.6) is 0 Å². The lowest BCUT2D eigenvalue weighted by molar-refractivity contribution is -0.124. The molecule has 74 valence electrons. The van der Waals surface area contributed by atoms with Crippen LogP contribution in [0.4, 0.5) is 5.69 Å². The van der Waals surface area contributed by atoms with Gasteiger partial charge in [-0.2, -0.15) is 0 Å². The molecule has 0 bridgehead atoms. The van der Waals surface area contributed by atoms with Crippen molar-refractivity contribution in [1.29, 1.82) is 0 Å². The fourth-order valence-corrected chi connectivity index (χ4v) is 1.35. The van der Waals surface area contributed by atoms with Crippen molar-refractivity contribution in [3.05, 3.63) is 30.3 Å². The van der Waals surface area contributed by atoms with Crippen LogP contribution in [0.25, 0.3) is 0 Å². The second-order valence-electron chi connectivity index (χ2n) is 3.32. The maximum absolute atomic E-state index is 11.4. The molecule has 1 aliphatic rings. The van der Waals surface area contributed by atoms with Crippen molar-refractivity contribution in [2.24, 2.45) is 0 Å². The Bertz CT molecular complexity index is 325. The molecule has 0 radical (unpaired) electrons. The van der Waals surface area contributed by atoms with Gasteiger partial charge in [0.2, 0.25) is 0 Å². The molecular weight excluding hydrogens is 178 g/mol. The molecule has 1 amide bonds. The molecule has 1 aromatic carbocycles. The van der Waals surface area contributed by atoms with E-state index in [2.05, 4.69) is 10.7 Å². The van der Waals surface area contributed by atoms with Gasteiger partial charge in [-0.3, -0.25) is 20.5 Å². The molecule has 1 atom stereocenters. The van der Waals surface area contributed by atoms with Gasteiger partial charge in [-0.25, -0.2) is 0 Å². The summed E-state index contributed by atoms with van der Waals surface area (Å²) in [7, 11) is 0. The van der Waals surface area contributed by atoms with E-state index >= 15 is 0 Å². The Morgan fingerprint density at radius 1 is 1.36 bits per heavy atom. The van der Waals surface area contributed by atoms with Crippen LogP contribution in [0, 0.1) is 0 Å². The first-order chi connectivity index (χ1) is 6.77. The van der Waals surface area contributed by atoms with Gasteiger partial charge >= 0.3 is 0 Å². The number of para-hydroxylation sites is 1. The lowest BCUT2D eigenvalue weighted by Gasteiger charge is -2.32.